The minimum absolute atomic E-state index is 0.112. The number of hydrogen-bond acceptors (Lipinski definition) is 4. The molecular formula is C28H32N2O4. The van der Waals surface area contributed by atoms with Gasteiger partial charge in [0.25, 0.3) is 0 Å². The maximum Gasteiger partial charge on any atom is 0.244 e. The first-order valence-electron chi connectivity index (χ1n) is 11.6. The van der Waals surface area contributed by atoms with Crippen molar-refractivity contribution in [2.24, 2.45) is 5.92 Å². The van der Waals surface area contributed by atoms with Crippen molar-refractivity contribution < 1.29 is 19.9 Å². The summed E-state index contributed by atoms with van der Waals surface area (Å²) in [4.78, 5) is 24.7. The Morgan fingerprint density at radius 1 is 0.794 bits per heavy atom. The zero-order valence-corrected chi connectivity index (χ0v) is 19.2. The molecular weight excluding hydrogens is 428 g/mol. The molecule has 0 bridgehead atoms. The molecule has 0 radical (unpaired) electrons. The highest BCUT2D eigenvalue weighted by molar-refractivity contribution is 5.85. The van der Waals surface area contributed by atoms with Gasteiger partial charge in [-0.1, -0.05) is 84.9 Å². The normalized spacial score (nSPS) is 12.5. The van der Waals surface area contributed by atoms with E-state index in [0.717, 1.165) is 28.7 Å². The number of nitrogens with one attached hydrogen (secondary N) is 2. The lowest BCUT2D eigenvalue weighted by Gasteiger charge is -2.21. The summed E-state index contributed by atoms with van der Waals surface area (Å²) < 4.78 is 0. The van der Waals surface area contributed by atoms with Gasteiger partial charge in [-0.3, -0.25) is 14.8 Å². The molecule has 3 aromatic carbocycles. The van der Waals surface area contributed by atoms with Crippen LogP contribution in [0.3, 0.4) is 0 Å². The van der Waals surface area contributed by atoms with Gasteiger partial charge in [0, 0.05) is 12.3 Å². The summed E-state index contributed by atoms with van der Waals surface area (Å²) in [6.45, 7) is -0.201. The van der Waals surface area contributed by atoms with Crippen molar-refractivity contribution in [3.8, 4) is 11.1 Å². The monoisotopic (exact) mass is 460 g/mol. The van der Waals surface area contributed by atoms with Gasteiger partial charge in [0.15, 0.2) is 0 Å². The van der Waals surface area contributed by atoms with E-state index >= 15 is 0 Å². The van der Waals surface area contributed by atoms with Crippen LogP contribution in [0.2, 0.25) is 0 Å². The van der Waals surface area contributed by atoms with E-state index in [9.17, 15) is 14.7 Å². The maximum atomic E-state index is 12.9. The van der Waals surface area contributed by atoms with Crippen LogP contribution in [-0.2, 0) is 22.4 Å². The van der Waals surface area contributed by atoms with Crippen LogP contribution in [0.15, 0.2) is 84.9 Å². The van der Waals surface area contributed by atoms with Crippen LogP contribution in [0.5, 0.6) is 0 Å². The molecule has 0 aliphatic carbocycles. The average molecular weight is 461 g/mol. The fraction of sp³-hybridized carbons (Fsp3) is 0.286. The molecule has 2 atom stereocenters. The Hall–Kier alpha value is -3.48. The van der Waals surface area contributed by atoms with Gasteiger partial charge in [-0.2, -0.15) is 0 Å². The van der Waals surface area contributed by atoms with Crippen molar-refractivity contribution in [1.29, 1.82) is 0 Å². The molecule has 2 amide bonds. The number of benzene rings is 3. The third kappa shape index (κ3) is 7.83. The summed E-state index contributed by atoms with van der Waals surface area (Å²) in [5.74, 6) is -1.49. The van der Waals surface area contributed by atoms with E-state index in [-0.39, 0.29) is 18.9 Å². The minimum atomic E-state index is -0.601. The van der Waals surface area contributed by atoms with Gasteiger partial charge in [0.05, 0.1) is 12.6 Å². The highest BCUT2D eigenvalue weighted by Gasteiger charge is 2.24. The van der Waals surface area contributed by atoms with Gasteiger partial charge in [-0.15, -0.1) is 0 Å². The van der Waals surface area contributed by atoms with Gasteiger partial charge >= 0.3 is 0 Å². The fourth-order valence-electron chi connectivity index (χ4n) is 4.02. The Labute approximate surface area is 200 Å². The lowest BCUT2D eigenvalue weighted by Crippen LogP contribution is -2.43. The molecule has 3 aromatic rings. The van der Waals surface area contributed by atoms with Gasteiger partial charge < -0.3 is 10.4 Å². The summed E-state index contributed by atoms with van der Waals surface area (Å²) in [5.41, 5.74) is 6.09. The molecule has 0 fully saturated rings. The zero-order chi connectivity index (χ0) is 24.2. The molecule has 6 heteroatoms. The number of hydrogen-bond donors (Lipinski definition) is 4. The van der Waals surface area contributed by atoms with E-state index in [1.807, 2.05) is 48.5 Å². The van der Waals surface area contributed by atoms with Crippen molar-refractivity contribution in [3.63, 3.8) is 0 Å². The Morgan fingerprint density at radius 2 is 1.41 bits per heavy atom. The number of aryl methyl sites for hydroxylation is 1. The third-order valence-corrected chi connectivity index (χ3v) is 5.90. The van der Waals surface area contributed by atoms with E-state index in [2.05, 4.69) is 41.7 Å². The third-order valence-electron chi connectivity index (χ3n) is 5.90. The SMILES string of the molecule is O=C(C[C@@H](CCCc1ccc(-c2ccccc2)cc1)C(=O)N[C@@H](CO)Cc1ccccc1)NO. The minimum Gasteiger partial charge on any atom is -0.394 e. The molecule has 0 unspecified atom stereocenters. The number of carbonyl (C=O) groups excluding carboxylic acids is 2. The first-order chi connectivity index (χ1) is 16.6. The molecule has 6 nitrogen and oxygen atoms in total. The van der Waals surface area contributed by atoms with Crippen LogP contribution in [0.25, 0.3) is 11.1 Å². The topological polar surface area (TPSA) is 98.7 Å². The average Bonchev–Trinajstić information content (AvgIpc) is 2.89. The van der Waals surface area contributed by atoms with Crippen LogP contribution in [-0.4, -0.2) is 34.8 Å². The Balaban J connectivity index is 1.56. The molecule has 0 spiro atoms. The second-order valence-electron chi connectivity index (χ2n) is 8.47. The van der Waals surface area contributed by atoms with Crippen LogP contribution in [0, 0.1) is 5.92 Å². The molecule has 4 N–H and O–H groups in total. The van der Waals surface area contributed by atoms with Crippen molar-refractivity contribution in [2.75, 3.05) is 6.61 Å². The first-order valence-corrected chi connectivity index (χ1v) is 11.6. The summed E-state index contributed by atoms with van der Waals surface area (Å²) in [6, 6.07) is 27.7. The van der Waals surface area contributed by atoms with Gasteiger partial charge in [0.1, 0.15) is 0 Å². The molecule has 3 rings (SSSR count). The van der Waals surface area contributed by atoms with E-state index in [1.165, 1.54) is 0 Å². The number of aliphatic hydroxyl groups is 1. The molecule has 0 saturated carbocycles. The maximum absolute atomic E-state index is 12.9. The molecule has 0 aliphatic rings. The van der Waals surface area contributed by atoms with E-state index in [4.69, 9.17) is 5.21 Å². The molecule has 34 heavy (non-hydrogen) atoms. The summed E-state index contributed by atoms with van der Waals surface area (Å²) in [7, 11) is 0. The summed E-state index contributed by atoms with van der Waals surface area (Å²) >= 11 is 0. The second kappa shape index (κ2) is 13.3. The molecule has 0 saturated heterocycles. The number of rotatable bonds is 12. The number of carbonyl (C=O) groups is 2. The van der Waals surface area contributed by atoms with E-state index in [1.54, 1.807) is 5.48 Å². The number of aliphatic hydroxyl groups excluding tert-OH is 1. The lowest BCUT2D eigenvalue weighted by atomic mass is 9.94. The fourth-order valence-corrected chi connectivity index (χ4v) is 4.02. The van der Waals surface area contributed by atoms with Crippen LogP contribution in [0.1, 0.15) is 30.4 Å². The van der Waals surface area contributed by atoms with E-state index in [0.29, 0.717) is 19.3 Å². The Kier molecular flexibility index (Phi) is 9.82. The van der Waals surface area contributed by atoms with Gasteiger partial charge in [-0.25, -0.2) is 5.48 Å². The first kappa shape index (κ1) is 25.1. The summed E-state index contributed by atoms with van der Waals surface area (Å²) in [5, 5.41) is 21.6. The van der Waals surface area contributed by atoms with Crippen molar-refractivity contribution >= 4 is 11.8 Å². The number of hydroxylamine groups is 1. The molecule has 178 valence electrons. The molecule has 0 heterocycles. The van der Waals surface area contributed by atoms with E-state index < -0.39 is 17.9 Å². The van der Waals surface area contributed by atoms with Gasteiger partial charge in [0.2, 0.25) is 11.8 Å². The van der Waals surface area contributed by atoms with Crippen molar-refractivity contribution in [2.45, 2.75) is 38.1 Å². The predicted molar refractivity (Wildman–Crippen MR) is 132 cm³/mol. The zero-order valence-electron chi connectivity index (χ0n) is 19.2. The van der Waals surface area contributed by atoms with Crippen molar-refractivity contribution in [3.05, 3.63) is 96.1 Å². The molecule has 0 aromatic heterocycles. The molecule has 0 aliphatic heterocycles. The highest BCUT2D eigenvalue weighted by Crippen LogP contribution is 2.21. The largest absolute Gasteiger partial charge is 0.394 e. The van der Waals surface area contributed by atoms with Crippen LogP contribution >= 0.6 is 0 Å². The summed E-state index contributed by atoms with van der Waals surface area (Å²) in [6.07, 6.45) is 2.36. The Bertz CT molecular complexity index is 1020. The predicted octanol–water partition coefficient (Wildman–Crippen LogP) is 3.91. The van der Waals surface area contributed by atoms with Crippen LogP contribution < -0.4 is 10.8 Å². The number of amides is 2. The highest BCUT2D eigenvalue weighted by atomic mass is 16.5. The van der Waals surface area contributed by atoms with Crippen molar-refractivity contribution in [1.82, 2.24) is 10.8 Å². The standard InChI is InChI=1S/C28H32N2O4/c31-20-26(18-22-8-3-1-4-9-22)29-28(33)25(19-27(32)30-34)13-7-10-21-14-16-24(17-15-21)23-11-5-2-6-12-23/h1-6,8-9,11-12,14-17,25-26,31,34H,7,10,13,18-20H2,(H,29,33)(H,30,32)/t25-,26-/m1/s1. The Morgan fingerprint density at radius 3 is 2.03 bits per heavy atom. The second-order valence-corrected chi connectivity index (χ2v) is 8.47. The van der Waals surface area contributed by atoms with Gasteiger partial charge in [-0.05, 0) is 47.9 Å². The van der Waals surface area contributed by atoms with Crippen LogP contribution in [0.4, 0.5) is 0 Å². The smallest absolute Gasteiger partial charge is 0.244 e. The quantitative estimate of drug-likeness (QED) is 0.243. The lowest BCUT2D eigenvalue weighted by molar-refractivity contribution is -0.135.